The first-order valence-corrected chi connectivity index (χ1v) is 5.86. The van der Waals surface area contributed by atoms with Crippen LogP contribution in [0, 0.1) is 0 Å². The minimum absolute atomic E-state index is 0.477. The summed E-state index contributed by atoms with van der Waals surface area (Å²) < 4.78 is 6.77. The zero-order chi connectivity index (χ0) is 10.8. The summed E-state index contributed by atoms with van der Waals surface area (Å²) in [6.07, 6.45) is 0. The van der Waals surface area contributed by atoms with E-state index in [1.807, 2.05) is 12.1 Å². The van der Waals surface area contributed by atoms with Crippen molar-refractivity contribution in [1.29, 1.82) is 0 Å². The summed E-state index contributed by atoms with van der Waals surface area (Å²) in [5.41, 5.74) is 0.943. The summed E-state index contributed by atoms with van der Waals surface area (Å²) in [6, 6.07) is 8.60. The Kier molecular flexibility index (Phi) is 3.12. The Labute approximate surface area is 97.8 Å². The molecule has 1 aromatic heterocycles. The van der Waals surface area contributed by atoms with E-state index >= 15 is 0 Å². The molecule has 0 aliphatic heterocycles. The van der Waals surface area contributed by atoms with Gasteiger partial charge in [-0.15, -0.1) is 0 Å². The zero-order valence-electron chi connectivity index (χ0n) is 8.88. The largest absolute Gasteiger partial charge is 0.460 e. The lowest BCUT2D eigenvalue weighted by atomic mass is 10.2. The highest BCUT2D eigenvalue weighted by Crippen LogP contribution is 2.23. The van der Waals surface area contributed by atoms with Crippen molar-refractivity contribution in [1.82, 2.24) is 5.32 Å². The lowest BCUT2D eigenvalue weighted by Gasteiger charge is -2.04. The van der Waals surface area contributed by atoms with E-state index < -0.39 is 0 Å². The molecule has 2 nitrogen and oxygen atoms in total. The second-order valence-electron chi connectivity index (χ2n) is 3.93. The van der Waals surface area contributed by atoms with Crippen LogP contribution in [-0.2, 0) is 6.54 Å². The SMILES string of the molecule is CC(C)NCc1cc2cc(Br)ccc2o1. The molecule has 0 atom stereocenters. The average molecular weight is 268 g/mol. The second-order valence-corrected chi connectivity index (χ2v) is 4.85. The third kappa shape index (κ3) is 2.61. The molecule has 1 heterocycles. The van der Waals surface area contributed by atoms with Gasteiger partial charge in [0.1, 0.15) is 11.3 Å². The van der Waals surface area contributed by atoms with Crippen LogP contribution in [0.1, 0.15) is 19.6 Å². The summed E-state index contributed by atoms with van der Waals surface area (Å²) in [6.45, 7) is 5.03. The second kappa shape index (κ2) is 4.37. The maximum atomic E-state index is 5.69. The zero-order valence-corrected chi connectivity index (χ0v) is 10.5. The number of rotatable bonds is 3. The molecule has 0 saturated heterocycles. The Balaban J connectivity index is 2.23. The van der Waals surface area contributed by atoms with Gasteiger partial charge in [0.2, 0.25) is 0 Å². The quantitative estimate of drug-likeness (QED) is 0.918. The van der Waals surface area contributed by atoms with Gasteiger partial charge in [-0.1, -0.05) is 29.8 Å². The van der Waals surface area contributed by atoms with E-state index in [-0.39, 0.29) is 0 Å². The molecular formula is C12H14BrNO. The third-order valence-corrected chi connectivity index (χ3v) is 2.71. The minimum atomic E-state index is 0.477. The molecule has 0 spiro atoms. The molecule has 1 N–H and O–H groups in total. The van der Waals surface area contributed by atoms with Crippen LogP contribution in [0.5, 0.6) is 0 Å². The van der Waals surface area contributed by atoms with E-state index in [4.69, 9.17) is 4.42 Å². The molecule has 1 aromatic carbocycles. The Morgan fingerprint density at radius 3 is 2.87 bits per heavy atom. The summed E-state index contributed by atoms with van der Waals surface area (Å²) in [7, 11) is 0. The Morgan fingerprint density at radius 2 is 2.13 bits per heavy atom. The number of hydrogen-bond acceptors (Lipinski definition) is 2. The molecule has 0 unspecified atom stereocenters. The molecule has 15 heavy (non-hydrogen) atoms. The summed E-state index contributed by atoms with van der Waals surface area (Å²) >= 11 is 3.45. The number of halogens is 1. The predicted molar refractivity (Wildman–Crippen MR) is 65.9 cm³/mol. The molecule has 0 aliphatic rings. The molecule has 3 heteroatoms. The molecule has 0 aliphatic carbocycles. The topological polar surface area (TPSA) is 25.2 Å². The Hall–Kier alpha value is -0.800. The molecule has 80 valence electrons. The summed E-state index contributed by atoms with van der Waals surface area (Å²) in [5, 5.41) is 4.48. The van der Waals surface area contributed by atoms with Gasteiger partial charge in [0.15, 0.2) is 0 Å². The molecule has 2 rings (SSSR count). The monoisotopic (exact) mass is 267 g/mol. The first-order chi connectivity index (χ1) is 7.15. The maximum absolute atomic E-state index is 5.69. The maximum Gasteiger partial charge on any atom is 0.134 e. The van der Waals surface area contributed by atoms with Gasteiger partial charge in [-0.2, -0.15) is 0 Å². The minimum Gasteiger partial charge on any atom is -0.460 e. The van der Waals surface area contributed by atoms with Gasteiger partial charge in [-0.05, 0) is 24.3 Å². The van der Waals surface area contributed by atoms with Crippen molar-refractivity contribution in [3.8, 4) is 0 Å². The van der Waals surface area contributed by atoms with Crippen LogP contribution in [0.25, 0.3) is 11.0 Å². The van der Waals surface area contributed by atoms with Crippen LogP contribution < -0.4 is 5.32 Å². The van der Waals surface area contributed by atoms with Crippen molar-refractivity contribution < 1.29 is 4.42 Å². The number of nitrogens with one attached hydrogen (secondary N) is 1. The van der Waals surface area contributed by atoms with E-state index in [1.54, 1.807) is 0 Å². The lowest BCUT2D eigenvalue weighted by Crippen LogP contribution is -2.21. The molecule has 0 fully saturated rings. The standard InChI is InChI=1S/C12H14BrNO/c1-8(2)14-7-11-6-9-5-10(13)3-4-12(9)15-11/h3-6,8,14H,7H2,1-2H3. The van der Waals surface area contributed by atoms with E-state index in [0.29, 0.717) is 6.04 Å². The van der Waals surface area contributed by atoms with Gasteiger partial charge in [-0.3, -0.25) is 0 Å². The van der Waals surface area contributed by atoms with Gasteiger partial charge in [0.25, 0.3) is 0 Å². The van der Waals surface area contributed by atoms with Crippen LogP contribution in [0.3, 0.4) is 0 Å². The van der Waals surface area contributed by atoms with Crippen LogP contribution in [0.2, 0.25) is 0 Å². The van der Waals surface area contributed by atoms with Crippen LogP contribution in [0.15, 0.2) is 33.2 Å². The molecule has 0 radical (unpaired) electrons. The number of fused-ring (bicyclic) bond motifs is 1. The van der Waals surface area contributed by atoms with Crippen molar-refractivity contribution in [3.63, 3.8) is 0 Å². The molecule has 2 aromatic rings. The Morgan fingerprint density at radius 1 is 1.33 bits per heavy atom. The predicted octanol–water partition coefficient (Wildman–Crippen LogP) is 3.69. The first-order valence-electron chi connectivity index (χ1n) is 5.06. The van der Waals surface area contributed by atoms with E-state index in [1.165, 1.54) is 0 Å². The van der Waals surface area contributed by atoms with Crippen molar-refractivity contribution in [2.75, 3.05) is 0 Å². The fourth-order valence-corrected chi connectivity index (χ4v) is 1.84. The lowest BCUT2D eigenvalue weighted by molar-refractivity contribution is 0.488. The van der Waals surface area contributed by atoms with Gasteiger partial charge in [-0.25, -0.2) is 0 Å². The fraction of sp³-hybridized carbons (Fsp3) is 0.333. The van der Waals surface area contributed by atoms with E-state index in [9.17, 15) is 0 Å². The Bertz CT molecular complexity index is 462. The van der Waals surface area contributed by atoms with Gasteiger partial charge >= 0.3 is 0 Å². The van der Waals surface area contributed by atoms with E-state index in [0.717, 1.165) is 27.7 Å². The van der Waals surface area contributed by atoms with Crippen LogP contribution in [-0.4, -0.2) is 6.04 Å². The smallest absolute Gasteiger partial charge is 0.134 e. The molecule has 0 bridgehead atoms. The highest BCUT2D eigenvalue weighted by molar-refractivity contribution is 9.10. The molecule has 0 amide bonds. The van der Waals surface area contributed by atoms with Gasteiger partial charge < -0.3 is 9.73 Å². The first kappa shape index (κ1) is 10.7. The van der Waals surface area contributed by atoms with Crippen molar-refractivity contribution >= 4 is 26.9 Å². The average Bonchev–Trinajstić information content (AvgIpc) is 2.56. The third-order valence-electron chi connectivity index (χ3n) is 2.21. The van der Waals surface area contributed by atoms with Gasteiger partial charge in [0, 0.05) is 15.9 Å². The van der Waals surface area contributed by atoms with Crippen LogP contribution in [0.4, 0.5) is 0 Å². The van der Waals surface area contributed by atoms with Crippen molar-refractivity contribution in [2.24, 2.45) is 0 Å². The number of furan rings is 1. The van der Waals surface area contributed by atoms with Crippen LogP contribution >= 0.6 is 15.9 Å². The van der Waals surface area contributed by atoms with Crippen molar-refractivity contribution in [3.05, 3.63) is 34.5 Å². The van der Waals surface area contributed by atoms with Gasteiger partial charge in [0.05, 0.1) is 6.54 Å². The number of benzene rings is 1. The van der Waals surface area contributed by atoms with Crippen molar-refractivity contribution in [2.45, 2.75) is 26.4 Å². The highest BCUT2D eigenvalue weighted by Gasteiger charge is 2.04. The fourth-order valence-electron chi connectivity index (χ4n) is 1.46. The highest BCUT2D eigenvalue weighted by atomic mass is 79.9. The molecule has 0 saturated carbocycles. The van der Waals surface area contributed by atoms with E-state index in [2.05, 4.69) is 47.2 Å². The summed E-state index contributed by atoms with van der Waals surface area (Å²) in [4.78, 5) is 0. The normalized spacial score (nSPS) is 11.5. The summed E-state index contributed by atoms with van der Waals surface area (Å²) in [5.74, 6) is 0.983. The molecular weight excluding hydrogens is 254 g/mol. The number of hydrogen-bond donors (Lipinski definition) is 1.